The van der Waals surface area contributed by atoms with Gasteiger partial charge in [0.2, 0.25) is 11.8 Å². The van der Waals surface area contributed by atoms with Gasteiger partial charge in [-0.2, -0.15) is 0 Å². The molecule has 3 nitrogen and oxygen atoms in total. The van der Waals surface area contributed by atoms with Gasteiger partial charge in [-0.15, -0.1) is 0 Å². The molecule has 3 heteroatoms. The summed E-state index contributed by atoms with van der Waals surface area (Å²) in [4.78, 5) is 27.8. The van der Waals surface area contributed by atoms with Crippen molar-refractivity contribution in [2.45, 2.75) is 19.4 Å². The summed E-state index contributed by atoms with van der Waals surface area (Å²) in [5.74, 6) is 0.532. The second-order valence-corrected chi connectivity index (χ2v) is 8.12. The number of carbonyl (C=O) groups is 2. The van der Waals surface area contributed by atoms with E-state index in [1.54, 1.807) is 4.90 Å². The number of amides is 2. The molecule has 2 aromatic rings. The number of allylic oxidation sites excluding steroid dienone is 2. The van der Waals surface area contributed by atoms with Crippen LogP contribution in [0.5, 0.6) is 0 Å². The van der Waals surface area contributed by atoms with E-state index in [9.17, 15) is 9.59 Å². The van der Waals surface area contributed by atoms with E-state index < -0.39 is 0 Å². The first-order valence-electron chi connectivity index (χ1n) is 9.21. The van der Waals surface area contributed by atoms with E-state index in [-0.39, 0.29) is 29.1 Å². The minimum absolute atomic E-state index is 0.0612. The molecule has 6 rings (SSSR count). The van der Waals surface area contributed by atoms with Crippen LogP contribution in [0.2, 0.25) is 0 Å². The third-order valence-electron chi connectivity index (χ3n) is 7.15. The number of rotatable bonds is 2. The van der Waals surface area contributed by atoms with Crippen molar-refractivity contribution in [2.24, 2.45) is 29.1 Å². The second-order valence-electron chi connectivity index (χ2n) is 8.12. The lowest BCUT2D eigenvalue weighted by Gasteiger charge is -2.22. The van der Waals surface area contributed by atoms with Crippen LogP contribution in [-0.2, 0) is 16.1 Å². The standard InChI is InChI=1S/C22H19NO2/c24-20-18-16-8-9-17(22(16)10-11-22)19(18)21(25)23(20)12-14-6-3-5-13-4-1-2-7-15(13)14/h1-9,16-19H,10-12H2/t16-,17-,18-,19+/m1/s1. The third kappa shape index (κ3) is 1.57. The fraction of sp³-hybridized carbons (Fsp3) is 0.364. The topological polar surface area (TPSA) is 37.4 Å². The second kappa shape index (κ2) is 4.40. The van der Waals surface area contributed by atoms with E-state index in [4.69, 9.17) is 0 Å². The summed E-state index contributed by atoms with van der Waals surface area (Å²) in [5, 5.41) is 2.28. The first-order chi connectivity index (χ1) is 12.2. The molecule has 2 amide bonds. The molecular formula is C22H19NO2. The van der Waals surface area contributed by atoms with Crippen molar-refractivity contribution in [1.82, 2.24) is 4.90 Å². The Morgan fingerprint density at radius 2 is 1.52 bits per heavy atom. The van der Waals surface area contributed by atoms with Crippen LogP contribution in [-0.4, -0.2) is 16.7 Å². The van der Waals surface area contributed by atoms with Crippen LogP contribution < -0.4 is 0 Å². The highest BCUT2D eigenvalue weighted by atomic mass is 16.2. The number of fused-ring (bicyclic) bond motifs is 4. The lowest BCUT2D eigenvalue weighted by molar-refractivity contribution is -0.141. The Morgan fingerprint density at radius 1 is 0.880 bits per heavy atom. The highest BCUT2D eigenvalue weighted by Gasteiger charge is 2.73. The molecule has 2 aromatic carbocycles. The summed E-state index contributed by atoms with van der Waals surface area (Å²) in [7, 11) is 0. The molecule has 2 bridgehead atoms. The van der Waals surface area contributed by atoms with Crippen LogP contribution in [0.1, 0.15) is 18.4 Å². The van der Waals surface area contributed by atoms with E-state index in [0.29, 0.717) is 18.4 Å². The molecule has 0 unspecified atom stereocenters. The summed E-state index contributed by atoms with van der Waals surface area (Å²) in [6.45, 7) is 0.401. The average molecular weight is 329 g/mol. The first-order valence-corrected chi connectivity index (χ1v) is 9.21. The maximum absolute atomic E-state index is 13.1. The van der Waals surface area contributed by atoms with Crippen LogP contribution in [0.4, 0.5) is 0 Å². The maximum Gasteiger partial charge on any atom is 0.234 e. The number of imide groups is 1. The van der Waals surface area contributed by atoms with Crippen molar-refractivity contribution >= 4 is 22.6 Å². The Balaban J connectivity index is 1.37. The molecule has 3 fully saturated rings. The number of hydrogen-bond acceptors (Lipinski definition) is 2. The first kappa shape index (κ1) is 13.8. The van der Waals surface area contributed by atoms with Gasteiger partial charge >= 0.3 is 0 Å². The average Bonchev–Trinajstić information content (AvgIpc) is 3.24. The molecule has 1 saturated heterocycles. The Kier molecular flexibility index (Phi) is 2.43. The Bertz CT molecular complexity index is 932. The van der Waals surface area contributed by atoms with E-state index in [1.807, 2.05) is 24.3 Å². The quantitative estimate of drug-likeness (QED) is 0.624. The lowest BCUT2D eigenvalue weighted by atomic mass is 9.85. The summed E-state index contributed by atoms with van der Waals surface area (Å²) >= 11 is 0. The summed E-state index contributed by atoms with van der Waals surface area (Å²) in [5.41, 5.74) is 1.33. The van der Waals surface area contributed by atoms with Gasteiger partial charge in [0.1, 0.15) is 0 Å². The zero-order valence-electron chi connectivity index (χ0n) is 13.9. The predicted molar refractivity (Wildman–Crippen MR) is 94.3 cm³/mol. The van der Waals surface area contributed by atoms with Gasteiger partial charge in [0, 0.05) is 0 Å². The molecule has 25 heavy (non-hydrogen) atoms. The number of likely N-dealkylation sites (tertiary alicyclic amines) is 1. The van der Waals surface area contributed by atoms with Gasteiger partial charge in [0.05, 0.1) is 18.4 Å². The van der Waals surface area contributed by atoms with Crippen molar-refractivity contribution in [3.05, 3.63) is 60.2 Å². The third-order valence-corrected chi connectivity index (χ3v) is 7.15. The molecule has 0 aromatic heterocycles. The van der Waals surface area contributed by atoms with Crippen LogP contribution in [0, 0.1) is 29.1 Å². The van der Waals surface area contributed by atoms with Gasteiger partial charge < -0.3 is 0 Å². The number of hydrogen-bond donors (Lipinski definition) is 0. The minimum Gasteiger partial charge on any atom is -0.278 e. The van der Waals surface area contributed by atoms with Crippen molar-refractivity contribution in [1.29, 1.82) is 0 Å². The van der Waals surface area contributed by atoms with Crippen molar-refractivity contribution in [2.75, 3.05) is 0 Å². The molecule has 4 aliphatic rings. The monoisotopic (exact) mass is 329 g/mol. The van der Waals surface area contributed by atoms with Crippen LogP contribution in [0.15, 0.2) is 54.6 Å². The molecule has 0 N–H and O–H groups in total. The molecule has 1 aliphatic heterocycles. The van der Waals surface area contributed by atoms with Crippen molar-refractivity contribution in [3.63, 3.8) is 0 Å². The van der Waals surface area contributed by atoms with E-state index >= 15 is 0 Å². The number of benzene rings is 2. The van der Waals surface area contributed by atoms with Gasteiger partial charge in [0.25, 0.3) is 0 Å². The van der Waals surface area contributed by atoms with E-state index in [1.165, 1.54) is 12.8 Å². The van der Waals surface area contributed by atoms with Crippen LogP contribution in [0.25, 0.3) is 10.8 Å². The van der Waals surface area contributed by atoms with Crippen LogP contribution >= 0.6 is 0 Å². The predicted octanol–water partition coefficient (Wildman–Crippen LogP) is 3.54. The molecule has 2 saturated carbocycles. The fourth-order valence-electron chi connectivity index (χ4n) is 5.90. The molecule has 124 valence electrons. The Labute approximate surface area is 146 Å². The van der Waals surface area contributed by atoms with Gasteiger partial charge in [-0.3, -0.25) is 14.5 Å². The smallest absolute Gasteiger partial charge is 0.234 e. The SMILES string of the molecule is O=C1[C@@H]2[C@H](C(=O)N1Cc1cccc3ccccc13)[C@H]1C=C[C@H]2C12CC2. The minimum atomic E-state index is -0.0972. The van der Waals surface area contributed by atoms with Gasteiger partial charge in [-0.25, -0.2) is 0 Å². The largest absolute Gasteiger partial charge is 0.278 e. The zero-order valence-corrected chi connectivity index (χ0v) is 13.9. The van der Waals surface area contributed by atoms with Gasteiger partial charge in [-0.05, 0) is 46.4 Å². The van der Waals surface area contributed by atoms with Crippen LogP contribution in [0.3, 0.4) is 0 Å². The molecule has 1 spiro atoms. The molecule has 3 aliphatic carbocycles. The van der Waals surface area contributed by atoms with E-state index in [0.717, 1.165) is 16.3 Å². The maximum atomic E-state index is 13.1. The summed E-state index contributed by atoms with van der Waals surface area (Å²) in [6.07, 6.45) is 6.83. The molecule has 0 radical (unpaired) electrons. The Morgan fingerprint density at radius 3 is 2.20 bits per heavy atom. The molecule has 1 heterocycles. The van der Waals surface area contributed by atoms with Gasteiger partial charge in [-0.1, -0.05) is 54.6 Å². The van der Waals surface area contributed by atoms with Crippen molar-refractivity contribution < 1.29 is 9.59 Å². The Hall–Kier alpha value is -2.42. The zero-order chi connectivity index (χ0) is 16.8. The molecule has 4 atom stereocenters. The summed E-state index contributed by atoms with van der Waals surface area (Å²) in [6, 6.07) is 14.3. The fourth-order valence-corrected chi connectivity index (χ4v) is 5.90. The lowest BCUT2D eigenvalue weighted by Crippen LogP contribution is -2.34. The van der Waals surface area contributed by atoms with Crippen molar-refractivity contribution in [3.8, 4) is 0 Å². The van der Waals surface area contributed by atoms with Gasteiger partial charge in [0.15, 0.2) is 0 Å². The number of carbonyl (C=O) groups excluding carboxylic acids is 2. The van der Waals surface area contributed by atoms with E-state index in [2.05, 4.69) is 30.4 Å². The highest BCUT2D eigenvalue weighted by molar-refractivity contribution is 6.07. The number of nitrogens with zero attached hydrogens (tertiary/aromatic N) is 1. The normalized spacial score (nSPS) is 33.7. The molecular weight excluding hydrogens is 310 g/mol. The highest BCUT2D eigenvalue weighted by Crippen LogP contribution is 2.73. The summed E-state index contributed by atoms with van der Waals surface area (Å²) < 4.78 is 0.